The van der Waals surface area contributed by atoms with Gasteiger partial charge < -0.3 is 5.32 Å². The van der Waals surface area contributed by atoms with Gasteiger partial charge in [0.15, 0.2) is 0 Å². The highest BCUT2D eigenvalue weighted by atomic mass is 35.5. The highest BCUT2D eigenvalue weighted by Gasteiger charge is 2.44. The molecule has 28 heavy (non-hydrogen) atoms. The minimum atomic E-state index is -0.822. The second-order valence-corrected chi connectivity index (χ2v) is 7.12. The summed E-state index contributed by atoms with van der Waals surface area (Å²) >= 11 is 12.2. The molecule has 1 fully saturated rings. The number of amides is 4. The Hall–Kier alpha value is -2.64. The Morgan fingerprint density at radius 1 is 1.14 bits per heavy atom. The van der Waals surface area contributed by atoms with Crippen LogP contribution in [-0.2, 0) is 9.59 Å². The second-order valence-electron chi connectivity index (χ2n) is 6.33. The number of nitrogens with one attached hydrogen (secondary N) is 1. The van der Waals surface area contributed by atoms with E-state index in [2.05, 4.69) is 5.32 Å². The first-order valence-electron chi connectivity index (χ1n) is 8.35. The van der Waals surface area contributed by atoms with Gasteiger partial charge in [0.2, 0.25) is 5.91 Å². The fourth-order valence-electron chi connectivity index (χ4n) is 2.90. The molecule has 0 spiro atoms. The largest absolute Gasteiger partial charge is 0.332 e. The molecule has 2 aromatic rings. The second kappa shape index (κ2) is 7.77. The minimum Gasteiger partial charge on any atom is -0.322 e. The average molecular weight is 424 g/mol. The first kappa shape index (κ1) is 20.1. The summed E-state index contributed by atoms with van der Waals surface area (Å²) < 4.78 is 13.1. The van der Waals surface area contributed by atoms with E-state index >= 15 is 0 Å². The number of carbonyl (C=O) groups is 3. The number of hydrogen-bond acceptors (Lipinski definition) is 3. The van der Waals surface area contributed by atoms with Crippen molar-refractivity contribution in [2.24, 2.45) is 0 Å². The highest BCUT2D eigenvalue weighted by molar-refractivity contribution is 6.40. The molecule has 0 saturated carbocycles. The number of benzene rings is 2. The summed E-state index contributed by atoms with van der Waals surface area (Å²) in [6.07, 6.45) is 0. The van der Waals surface area contributed by atoms with Crippen LogP contribution in [0.3, 0.4) is 0 Å². The molecular formula is C19H16Cl2FN3O3. The SMILES string of the molecule is Cc1ccc(Cl)c(NC(=O)CN2C(=O)[C@H](C)N(c3ccc(F)cc3)C2=O)c1Cl. The van der Waals surface area contributed by atoms with Crippen LogP contribution in [0.5, 0.6) is 0 Å². The van der Waals surface area contributed by atoms with Gasteiger partial charge in [-0.15, -0.1) is 0 Å². The van der Waals surface area contributed by atoms with Gasteiger partial charge in [0.1, 0.15) is 18.4 Å². The van der Waals surface area contributed by atoms with Crippen molar-refractivity contribution in [3.63, 3.8) is 0 Å². The van der Waals surface area contributed by atoms with Crippen LogP contribution in [0.15, 0.2) is 36.4 Å². The summed E-state index contributed by atoms with van der Waals surface area (Å²) in [5.41, 5.74) is 1.29. The van der Waals surface area contributed by atoms with Crippen LogP contribution < -0.4 is 10.2 Å². The normalized spacial score (nSPS) is 16.7. The van der Waals surface area contributed by atoms with Gasteiger partial charge in [-0.25, -0.2) is 9.18 Å². The maximum atomic E-state index is 13.1. The van der Waals surface area contributed by atoms with Gasteiger partial charge in [-0.2, -0.15) is 0 Å². The lowest BCUT2D eigenvalue weighted by molar-refractivity contribution is -0.130. The lowest BCUT2D eigenvalue weighted by Gasteiger charge is -2.19. The number of urea groups is 1. The van der Waals surface area contributed by atoms with Crippen LogP contribution >= 0.6 is 23.2 Å². The molecule has 1 heterocycles. The molecule has 1 N–H and O–H groups in total. The van der Waals surface area contributed by atoms with Crippen LogP contribution in [-0.4, -0.2) is 35.3 Å². The third kappa shape index (κ3) is 3.68. The third-order valence-corrected chi connectivity index (χ3v) is 5.20. The molecule has 0 unspecified atom stereocenters. The molecule has 1 aliphatic rings. The van der Waals surface area contributed by atoms with E-state index in [0.29, 0.717) is 11.3 Å². The van der Waals surface area contributed by atoms with Gasteiger partial charge in [0.05, 0.1) is 15.7 Å². The predicted molar refractivity (Wildman–Crippen MR) is 105 cm³/mol. The molecule has 1 atom stereocenters. The van der Waals surface area contributed by atoms with Crippen LogP contribution in [0.2, 0.25) is 10.0 Å². The van der Waals surface area contributed by atoms with E-state index in [9.17, 15) is 18.8 Å². The van der Waals surface area contributed by atoms with Crippen molar-refractivity contribution in [1.29, 1.82) is 0 Å². The first-order valence-corrected chi connectivity index (χ1v) is 9.11. The molecule has 0 bridgehead atoms. The van der Waals surface area contributed by atoms with Gasteiger partial charge in [0.25, 0.3) is 5.91 Å². The molecule has 1 aliphatic heterocycles. The summed E-state index contributed by atoms with van der Waals surface area (Å²) in [4.78, 5) is 39.7. The van der Waals surface area contributed by atoms with E-state index in [4.69, 9.17) is 23.2 Å². The fraction of sp³-hybridized carbons (Fsp3) is 0.211. The maximum Gasteiger partial charge on any atom is 0.332 e. The van der Waals surface area contributed by atoms with Crippen molar-refractivity contribution in [2.45, 2.75) is 19.9 Å². The molecular weight excluding hydrogens is 408 g/mol. The monoisotopic (exact) mass is 423 g/mol. The number of imide groups is 1. The van der Waals surface area contributed by atoms with E-state index in [0.717, 1.165) is 4.90 Å². The van der Waals surface area contributed by atoms with Gasteiger partial charge in [-0.05, 0) is 49.7 Å². The average Bonchev–Trinajstić information content (AvgIpc) is 2.86. The number of anilines is 2. The van der Waals surface area contributed by atoms with Crippen molar-refractivity contribution < 1.29 is 18.8 Å². The number of aryl methyl sites for hydroxylation is 1. The quantitative estimate of drug-likeness (QED) is 0.747. The van der Waals surface area contributed by atoms with E-state index in [1.807, 2.05) is 0 Å². The Balaban J connectivity index is 1.78. The Morgan fingerprint density at radius 2 is 1.79 bits per heavy atom. The fourth-order valence-corrected chi connectivity index (χ4v) is 3.37. The smallest absolute Gasteiger partial charge is 0.322 e. The van der Waals surface area contributed by atoms with Gasteiger partial charge in [0, 0.05) is 5.69 Å². The van der Waals surface area contributed by atoms with Gasteiger partial charge in [-0.3, -0.25) is 19.4 Å². The van der Waals surface area contributed by atoms with Gasteiger partial charge in [-0.1, -0.05) is 29.3 Å². The molecule has 146 valence electrons. The maximum absolute atomic E-state index is 13.1. The molecule has 6 nitrogen and oxygen atoms in total. The van der Waals surface area contributed by atoms with Crippen molar-refractivity contribution in [3.05, 3.63) is 57.8 Å². The molecule has 0 aliphatic carbocycles. The lowest BCUT2D eigenvalue weighted by Crippen LogP contribution is -2.39. The minimum absolute atomic E-state index is 0.218. The van der Waals surface area contributed by atoms with E-state index in [1.165, 1.54) is 36.1 Å². The summed E-state index contributed by atoms with van der Waals surface area (Å²) in [6.45, 7) is 2.79. The van der Waals surface area contributed by atoms with Crippen LogP contribution in [0, 0.1) is 12.7 Å². The van der Waals surface area contributed by atoms with Crippen molar-refractivity contribution >= 4 is 52.4 Å². The molecule has 9 heteroatoms. The Labute approximate surface area is 170 Å². The number of nitrogens with zero attached hydrogens (tertiary/aromatic N) is 2. The summed E-state index contributed by atoms with van der Waals surface area (Å²) in [7, 11) is 0. The van der Waals surface area contributed by atoms with E-state index in [1.54, 1.807) is 19.1 Å². The van der Waals surface area contributed by atoms with Crippen molar-refractivity contribution in [3.8, 4) is 0 Å². The molecule has 4 amide bonds. The Kier molecular flexibility index (Phi) is 5.58. The zero-order chi connectivity index (χ0) is 20.6. The van der Waals surface area contributed by atoms with Crippen molar-refractivity contribution in [2.75, 3.05) is 16.8 Å². The number of rotatable bonds is 4. The van der Waals surface area contributed by atoms with Crippen LogP contribution in [0.25, 0.3) is 0 Å². The number of hydrogen-bond donors (Lipinski definition) is 1. The molecule has 0 aromatic heterocycles. The summed E-state index contributed by atoms with van der Waals surface area (Å²) in [5, 5.41) is 3.07. The standard InChI is InChI=1S/C19H16Cl2FN3O3/c1-10-3-8-14(20)17(16(10)21)23-15(26)9-24-18(27)11(2)25(19(24)28)13-6-4-12(22)5-7-13/h3-8,11H,9H2,1-2H3,(H,23,26)/t11-/m0/s1. The van der Waals surface area contributed by atoms with Crippen molar-refractivity contribution in [1.82, 2.24) is 4.90 Å². The predicted octanol–water partition coefficient (Wildman–Crippen LogP) is 4.24. The topological polar surface area (TPSA) is 69.7 Å². The molecule has 0 radical (unpaired) electrons. The number of carbonyl (C=O) groups excluding carboxylic acids is 3. The lowest BCUT2D eigenvalue weighted by atomic mass is 10.2. The van der Waals surface area contributed by atoms with E-state index < -0.39 is 36.2 Å². The summed E-state index contributed by atoms with van der Waals surface area (Å²) in [5.74, 6) is -1.62. The Morgan fingerprint density at radius 3 is 2.43 bits per heavy atom. The summed E-state index contributed by atoms with van der Waals surface area (Å²) in [6, 6.07) is 6.98. The molecule has 1 saturated heterocycles. The zero-order valence-corrected chi connectivity index (χ0v) is 16.5. The third-order valence-electron chi connectivity index (χ3n) is 4.40. The molecule has 3 rings (SSSR count). The molecule has 2 aromatic carbocycles. The van der Waals surface area contributed by atoms with Crippen LogP contribution in [0.4, 0.5) is 20.6 Å². The van der Waals surface area contributed by atoms with Crippen LogP contribution in [0.1, 0.15) is 12.5 Å². The zero-order valence-electron chi connectivity index (χ0n) is 15.0. The highest BCUT2D eigenvalue weighted by Crippen LogP contribution is 2.33. The van der Waals surface area contributed by atoms with Gasteiger partial charge >= 0.3 is 6.03 Å². The first-order chi connectivity index (χ1) is 13.2. The Bertz CT molecular complexity index is 966. The van der Waals surface area contributed by atoms with E-state index in [-0.39, 0.29) is 15.7 Å². The number of halogens is 3.